The summed E-state index contributed by atoms with van der Waals surface area (Å²) in [5, 5.41) is 11.5. The van der Waals surface area contributed by atoms with Gasteiger partial charge in [0, 0.05) is 37.6 Å². The summed E-state index contributed by atoms with van der Waals surface area (Å²) in [6, 6.07) is 22.4. The molecule has 0 aliphatic carbocycles. The van der Waals surface area contributed by atoms with Gasteiger partial charge < -0.3 is 24.5 Å². The maximum Gasteiger partial charge on any atom is 0.253 e. The molecule has 0 aromatic heterocycles. The number of para-hydroxylation sites is 1. The Kier molecular flexibility index (Phi) is 9.09. The highest BCUT2D eigenvalue weighted by Gasteiger charge is 2.80. The Bertz CT molecular complexity index is 1680. The van der Waals surface area contributed by atoms with Crippen molar-refractivity contribution >= 4 is 39.9 Å². The van der Waals surface area contributed by atoms with E-state index in [1.165, 1.54) is 0 Å². The van der Waals surface area contributed by atoms with Crippen molar-refractivity contribution in [3.63, 3.8) is 0 Å². The molecule has 3 amide bonds. The smallest absolute Gasteiger partial charge is 0.253 e. The normalized spacial score (nSPS) is 27.6. The van der Waals surface area contributed by atoms with Crippen molar-refractivity contribution in [1.82, 2.24) is 4.90 Å². The van der Waals surface area contributed by atoms with Crippen molar-refractivity contribution in [2.45, 2.75) is 56.8 Å². The van der Waals surface area contributed by atoms with Gasteiger partial charge in [0.15, 0.2) is 0 Å². The van der Waals surface area contributed by atoms with Crippen LogP contribution in [-0.2, 0) is 19.1 Å². The molecule has 6 rings (SSSR count). The van der Waals surface area contributed by atoms with E-state index in [0.717, 1.165) is 16.5 Å². The fourth-order valence-electron chi connectivity index (χ4n) is 8.38. The predicted molar refractivity (Wildman–Crippen MR) is 185 cm³/mol. The van der Waals surface area contributed by atoms with Gasteiger partial charge in [0.05, 0.1) is 17.4 Å². The number of anilines is 2. The Morgan fingerprint density at radius 3 is 2.26 bits per heavy atom. The fourth-order valence-corrected chi connectivity index (χ4v) is 8.38. The summed E-state index contributed by atoms with van der Waals surface area (Å²) in [6.07, 6.45) is 5.80. The summed E-state index contributed by atoms with van der Waals surface area (Å²) in [6.45, 7) is 12.8. The second-order valence-electron chi connectivity index (χ2n) is 13.4. The zero-order valence-electron chi connectivity index (χ0n) is 27.4. The Morgan fingerprint density at radius 1 is 0.915 bits per heavy atom. The first kappa shape index (κ1) is 32.7. The molecule has 3 unspecified atom stereocenters. The standard InChI is InChI=1S/C39H45N3O5/c1-5-21-40(30-17-9-7-10-18-30)35(44)32-33-36(45)42(23-13-8-14-24-43)34(39(33)26-27(3)38(32,4)47-39)37(46)41(22-6-2)31-20-19-28-15-11-12-16-29(28)25-31/h5-7,9-12,15-20,25,27,32-34,43H,1-2,8,13-14,21-24,26H2,3-4H3/t27?,32-,33+,34?,38+,39?/m1/s1. The first-order valence-electron chi connectivity index (χ1n) is 16.7. The number of aliphatic hydroxyl groups excluding tert-OH is 1. The van der Waals surface area contributed by atoms with E-state index < -0.39 is 29.1 Å². The van der Waals surface area contributed by atoms with Crippen LogP contribution in [0.15, 0.2) is 98.1 Å². The van der Waals surface area contributed by atoms with E-state index in [0.29, 0.717) is 37.9 Å². The van der Waals surface area contributed by atoms with Gasteiger partial charge in [0.25, 0.3) is 5.91 Å². The molecule has 3 aromatic rings. The topological polar surface area (TPSA) is 90.4 Å². The molecular formula is C39H45N3O5. The summed E-state index contributed by atoms with van der Waals surface area (Å²) in [5.74, 6) is -2.35. The Hall–Kier alpha value is -4.27. The van der Waals surface area contributed by atoms with Crippen molar-refractivity contribution in [1.29, 1.82) is 0 Å². The van der Waals surface area contributed by atoms with Crippen LogP contribution in [-0.4, -0.2) is 71.2 Å². The number of amides is 3. The number of carbonyl (C=O) groups is 3. The quantitative estimate of drug-likeness (QED) is 0.191. The van der Waals surface area contributed by atoms with Crippen LogP contribution in [0, 0.1) is 17.8 Å². The minimum atomic E-state index is -1.17. The summed E-state index contributed by atoms with van der Waals surface area (Å²) < 4.78 is 7.03. The maximum absolute atomic E-state index is 15.0. The Morgan fingerprint density at radius 2 is 1.57 bits per heavy atom. The van der Waals surface area contributed by atoms with Gasteiger partial charge in [-0.05, 0) is 73.6 Å². The highest BCUT2D eigenvalue weighted by molar-refractivity contribution is 6.07. The minimum Gasteiger partial charge on any atom is -0.396 e. The molecule has 3 fully saturated rings. The third-order valence-corrected chi connectivity index (χ3v) is 10.6. The van der Waals surface area contributed by atoms with Gasteiger partial charge in [-0.3, -0.25) is 14.4 Å². The van der Waals surface area contributed by atoms with Gasteiger partial charge in [-0.25, -0.2) is 0 Å². The van der Waals surface area contributed by atoms with Crippen LogP contribution in [0.4, 0.5) is 11.4 Å². The van der Waals surface area contributed by atoms with Crippen molar-refractivity contribution in [2.75, 3.05) is 36.0 Å². The molecule has 3 heterocycles. The summed E-state index contributed by atoms with van der Waals surface area (Å²) >= 11 is 0. The van der Waals surface area contributed by atoms with Crippen LogP contribution in [0.1, 0.15) is 39.5 Å². The van der Waals surface area contributed by atoms with Crippen LogP contribution in [0.2, 0.25) is 0 Å². The molecule has 0 radical (unpaired) electrons. The summed E-state index contributed by atoms with van der Waals surface area (Å²) in [4.78, 5) is 49.6. The lowest BCUT2D eigenvalue weighted by Gasteiger charge is -2.39. The molecule has 6 atom stereocenters. The van der Waals surface area contributed by atoms with Gasteiger partial charge in [0.2, 0.25) is 11.8 Å². The van der Waals surface area contributed by atoms with Crippen molar-refractivity contribution < 1.29 is 24.2 Å². The number of nitrogens with zero attached hydrogens (tertiary/aromatic N) is 3. The zero-order valence-corrected chi connectivity index (χ0v) is 27.4. The third kappa shape index (κ3) is 5.37. The zero-order chi connectivity index (χ0) is 33.3. The average molecular weight is 636 g/mol. The van der Waals surface area contributed by atoms with E-state index in [4.69, 9.17) is 4.74 Å². The molecular weight excluding hydrogens is 590 g/mol. The molecule has 8 heteroatoms. The predicted octanol–water partition coefficient (Wildman–Crippen LogP) is 5.75. The average Bonchev–Trinajstić information content (AvgIpc) is 3.60. The second kappa shape index (κ2) is 13.1. The van der Waals surface area contributed by atoms with Crippen molar-refractivity contribution in [3.05, 3.63) is 98.1 Å². The summed E-state index contributed by atoms with van der Waals surface area (Å²) in [5.41, 5.74) is -0.689. The van der Waals surface area contributed by atoms with E-state index >= 15 is 4.79 Å². The van der Waals surface area contributed by atoms with Crippen LogP contribution in [0.25, 0.3) is 10.8 Å². The van der Waals surface area contributed by atoms with E-state index in [9.17, 15) is 14.7 Å². The number of benzene rings is 3. The Balaban J connectivity index is 1.44. The van der Waals surface area contributed by atoms with Crippen molar-refractivity contribution in [2.24, 2.45) is 17.8 Å². The molecule has 3 aromatic carbocycles. The van der Waals surface area contributed by atoms with Crippen LogP contribution < -0.4 is 9.80 Å². The molecule has 3 aliphatic heterocycles. The highest BCUT2D eigenvalue weighted by Crippen LogP contribution is 2.65. The first-order valence-corrected chi connectivity index (χ1v) is 16.7. The number of rotatable bonds is 13. The van der Waals surface area contributed by atoms with Gasteiger partial charge in [-0.15, -0.1) is 13.2 Å². The van der Waals surface area contributed by atoms with Crippen molar-refractivity contribution in [3.8, 4) is 0 Å². The lowest BCUT2D eigenvalue weighted by Crippen LogP contribution is -2.57. The van der Waals surface area contributed by atoms with Crippen LogP contribution in [0.5, 0.6) is 0 Å². The molecule has 1 spiro atoms. The third-order valence-electron chi connectivity index (χ3n) is 10.6. The largest absolute Gasteiger partial charge is 0.396 e. The number of carbonyl (C=O) groups excluding carboxylic acids is 3. The van der Waals surface area contributed by atoms with Gasteiger partial charge in [-0.2, -0.15) is 0 Å². The number of fused-ring (bicyclic) bond motifs is 2. The molecule has 3 saturated heterocycles. The van der Waals surface area contributed by atoms with E-state index in [1.807, 2.05) is 79.7 Å². The van der Waals surface area contributed by atoms with Crippen LogP contribution >= 0.6 is 0 Å². The van der Waals surface area contributed by atoms with Gasteiger partial charge >= 0.3 is 0 Å². The first-order chi connectivity index (χ1) is 22.7. The number of likely N-dealkylation sites (tertiary alicyclic amines) is 1. The lowest BCUT2D eigenvalue weighted by atomic mass is 9.62. The molecule has 47 heavy (non-hydrogen) atoms. The molecule has 2 bridgehead atoms. The number of unbranched alkanes of at least 4 members (excludes halogenated alkanes) is 2. The molecule has 3 aliphatic rings. The number of hydrogen-bond acceptors (Lipinski definition) is 5. The van der Waals surface area contributed by atoms with E-state index in [2.05, 4.69) is 20.1 Å². The monoisotopic (exact) mass is 635 g/mol. The number of aliphatic hydroxyl groups is 1. The fraction of sp³-hybridized carbons (Fsp3) is 0.410. The minimum absolute atomic E-state index is 0.0616. The number of ether oxygens (including phenoxy) is 1. The lowest BCUT2D eigenvalue weighted by molar-refractivity contribution is -0.145. The van der Waals surface area contributed by atoms with Crippen LogP contribution in [0.3, 0.4) is 0 Å². The van der Waals surface area contributed by atoms with E-state index in [-0.39, 0.29) is 43.3 Å². The summed E-state index contributed by atoms with van der Waals surface area (Å²) in [7, 11) is 0. The highest BCUT2D eigenvalue weighted by atomic mass is 16.5. The number of hydrogen-bond donors (Lipinski definition) is 1. The van der Waals surface area contributed by atoms with Gasteiger partial charge in [-0.1, -0.05) is 67.6 Å². The Labute approximate surface area is 277 Å². The molecule has 1 N–H and O–H groups in total. The molecule has 246 valence electrons. The SMILES string of the molecule is C=CCN(C(=O)C1N(CCCCCO)C(=O)[C@@H]2[C@H](C(=O)N(CC=C)c3ccccc3)[C@@]3(C)OC12CC3C)c1ccc2ccccc2c1. The second-order valence-corrected chi connectivity index (χ2v) is 13.4. The molecule has 8 nitrogen and oxygen atoms in total. The van der Waals surface area contributed by atoms with E-state index in [1.54, 1.807) is 26.9 Å². The van der Waals surface area contributed by atoms with Gasteiger partial charge in [0.1, 0.15) is 11.6 Å². The molecule has 0 saturated carbocycles. The maximum atomic E-state index is 15.0.